The molecule has 0 atom stereocenters. The number of amides is 1. The van der Waals surface area contributed by atoms with Gasteiger partial charge < -0.3 is 20.1 Å². The Hall–Kier alpha value is -3.85. The van der Waals surface area contributed by atoms with E-state index in [9.17, 15) is 4.79 Å². The Morgan fingerprint density at radius 2 is 2.06 bits per heavy atom. The zero-order valence-corrected chi connectivity index (χ0v) is 18.8. The fraction of sp³-hybridized carbons (Fsp3) is 0.174. The molecule has 0 spiro atoms. The van der Waals surface area contributed by atoms with Crippen LogP contribution in [-0.4, -0.2) is 35.3 Å². The van der Waals surface area contributed by atoms with E-state index >= 15 is 0 Å². The van der Waals surface area contributed by atoms with Crippen LogP contribution >= 0.6 is 11.3 Å². The SMILES string of the molecule is C=C(C)c1cc(NC(=O)c2sccc2NCc2ccnc3cc(OC)cc(OC)c23)n[nH]1. The number of rotatable bonds is 8. The molecule has 3 aromatic heterocycles. The molecule has 4 rings (SSSR count). The maximum atomic E-state index is 12.8. The molecule has 164 valence electrons. The Labute approximate surface area is 189 Å². The quantitative estimate of drug-likeness (QED) is 0.352. The van der Waals surface area contributed by atoms with Gasteiger partial charge in [0.25, 0.3) is 5.91 Å². The molecule has 1 aromatic carbocycles. The lowest BCUT2D eigenvalue weighted by Crippen LogP contribution is -2.13. The van der Waals surface area contributed by atoms with Crippen LogP contribution < -0.4 is 20.1 Å². The van der Waals surface area contributed by atoms with Gasteiger partial charge in [0, 0.05) is 36.3 Å². The molecule has 1 amide bonds. The van der Waals surface area contributed by atoms with E-state index in [4.69, 9.17) is 9.47 Å². The van der Waals surface area contributed by atoms with Crippen molar-refractivity contribution in [3.05, 3.63) is 64.6 Å². The number of allylic oxidation sites excluding steroid dienone is 1. The summed E-state index contributed by atoms with van der Waals surface area (Å²) in [5, 5.41) is 15.9. The molecule has 0 unspecified atom stereocenters. The molecular formula is C23H23N5O3S. The number of nitrogens with one attached hydrogen (secondary N) is 3. The van der Waals surface area contributed by atoms with Crippen LogP contribution in [0.15, 0.2) is 48.5 Å². The molecule has 0 radical (unpaired) electrons. The first-order valence-electron chi connectivity index (χ1n) is 9.83. The number of benzene rings is 1. The molecule has 3 N–H and O–H groups in total. The number of thiophene rings is 1. The highest BCUT2D eigenvalue weighted by molar-refractivity contribution is 7.12. The third kappa shape index (κ3) is 4.28. The predicted molar refractivity (Wildman–Crippen MR) is 128 cm³/mol. The molecule has 0 saturated carbocycles. The van der Waals surface area contributed by atoms with Crippen molar-refractivity contribution in [1.29, 1.82) is 0 Å². The summed E-state index contributed by atoms with van der Waals surface area (Å²) in [6.07, 6.45) is 1.75. The minimum absolute atomic E-state index is 0.232. The molecule has 9 heteroatoms. The van der Waals surface area contributed by atoms with Gasteiger partial charge in [-0.05, 0) is 35.6 Å². The largest absolute Gasteiger partial charge is 0.497 e. The van der Waals surface area contributed by atoms with Crippen LogP contribution in [0.4, 0.5) is 11.5 Å². The van der Waals surface area contributed by atoms with Crippen LogP contribution in [0.25, 0.3) is 16.5 Å². The van der Waals surface area contributed by atoms with Crippen molar-refractivity contribution in [2.45, 2.75) is 13.5 Å². The fourth-order valence-corrected chi connectivity index (χ4v) is 4.08. The second-order valence-electron chi connectivity index (χ2n) is 7.11. The zero-order chi connectivity index (χ0) is 22.7. The van der Waals surface area contributed by atoms with Gasteiger partial charge in [-0.1, -0.05) is 6.58 Å². The van der Waals surface area contributed by atoms with E-state index in [0.717, 1.165) is 33.4 Å². The second-order valence-corrected chi connectivity index (χ2v) is 8.03. The van der Waals surface area contributed by atoms with Gasteiger partial charge in [0.2, 0.25) is 0 Å². The van der Waals surface area contributed by atoms with E-state index in [0.29, 0.717) is 28.7 Å². The average molecular weight is 450 g/mol. The number of aromatic amines is 1. The number of ether oxygens (including phenoxy) is 2. The highest BCUT2D eigenvalue weighted by Gasteiger charge is 2.16. The van der Waals surface area contributed by atoms with Crippen LogP contribution in [0, 0.1) is 0 Å². The molecule has 0 aliphatic heterocycles. The lowest BCUT2D eigenvalue weighted by Gasteiger charge is -2.13. The van der Waals surface area contributed by atoms with E-state index in [1.54, 1.807) is 26.5 Å². The van der Waals surface area contributed by atoms with E-state index in [1.165, 1.54) is 11.3 Å². The van der Waals surface area contributed by atoms with E-state index in [2.05, 4.69) is 32.4 Å². The van der Waals surface area contributed by atoms with Crippen molar-refractivity contribution in [1.82, 2.24) is 15.2 Å². The van der Waals surface area contributed by atoms with Crippen LogP contribution in [0.1, 0.15) is 27.9 Å². The predicted octanol–water partition coefficient (Wildman–Crippen LogP) is 4.93. The van der Waals surface area contributed by atoms with Gasteiger partial charge >= 0.3 is 0 Å². The summed E-state index contributed by atoms with van der Waals surface area (Å²) in [4.78, 5) is 17.8. The third-order valence-electron chi connectivity index (χ3n) is 4.94. The summed E-state index contributed by atoms with van der Waals surface area (Å²) in [5.74, 6) is 1.58. The summed E-state index contributed by atoms with van der Waals surface area (Å²) in [6, 6.07) is 9.27. The topological polar surface area (TPSA) is 101 Å². The molecule has 0 saturated heterocycles. The number of carbonyl (C=O) groups is 1. The van der Waals surface area contributed by atoms with Crippen molar-refractivity contribution >= 4 is 45.2 Å². The molecule has 8 nitrogen and oxygen atoms in total. The van der Waals surface area contributed by atoms with Crippen molar-refractivity contribution in [3.63, 3.8) is 0 Å². The normalized spacial score (nSPS) is 10.7. The minimum Gasteiger partial charge on any atom is -0.497 e. The third-order valence-corrected chi connectivity index (χ3v) is 5.85. The lowest BCUT2D eigenvalue weighted by atomic mass is 10.1. The number of methoxy groups -OCH3 is 2. The van der Waals surface area contributed by atoms with Gasteiger partial charge in [0.15, 0.2) is 5.82 Å². The number of anilines is 2. The molecule has 4 aromatic rings. The summed E-state index contributed by atoms with van der Waals surface area (Å²) >= 11 is 1.36. The van der Waals surface area contributed by atoms with Crippen LogP contribution in [-0.2, 0) is 6.54 Å². The number of pyridine rings is 1. The molecule has 0 aliphatic rings. The lowest BCUT2D eigenvalue weighted by molar-refractivity contribution is 0.103. The van der Waals surface area contributed by atoms with Gasteiger partial charge in [0.1, 0.15) is 16.4 Å². The molecule has 32 heavy (non-hydrogen) atoms. The zero-order valence-electron chi connectivity index (χ0n) is 18.0. The van der Waals surface area contributed by atoms with Gasteiger partial charge in [-0.15, -0.1) is 11.3 Å². The Bertz CT molecular complexity index is 1290. The number of aromatic nitrogens is 3. The van der Waals surface area contributed by atoms with Gasteiger partial charge in [-0.3, -0.25) is 14.9 Å². The fourth-order valence-electron chi connectivity index (χ4n) is 3.31. The first-order chi connectivity index (χ1) is 15.5. The van der Waals surface area contributed by atoms with Crippen molar-refractivity contribution in [2.24, 2.45) is 0 Å². The number of hydrogen-bond donors (Lipinski definition) is 3. The summed E-state index contributed by atoms with van der Waals surface area (Å²) in [7, 11) is 3.23. The first-order valence-corrected chi connectivity index (χ1v) is 10.7. The van der Waals surface area contributed by atoms with Crippen LogP contribution in [0.5, 0.6) is 11.5 Å². The highest BCUT2D eigenvalue weighted by Crippen LogP contribution is 2.33. The number of hydrogen-bond acceptors (Lipinski definition) is 7. The Kier molecular flexibility index (Phi) is 6.09. The Morgan fingerprint density at radius 1 is 1.22 bits per heavy atom. The molecule has 0 bridgehead atoms. The second kappa shape index (κ2) is 9.11. The summed E-state index contributed by atoms with van der Waals surface area (Å²) in [6.45, 7) is 6.22. The summed E-state index contributed by atoms with van der Waals surface area (Å²) in [5.41, 5.74) is 4.12. The van der Waals surface area contributed by atoms with Crippen LogP contribution in [0.3, 0.4) is 0 Å². The van der Waals surface area contributed by atoms with E-state index in [1.807, 2.05) is 36.6 Å². The maximum absolute atomic E-state index is 12.8. The van der Waals surface area contributed by atoms with E-state index in [-0.39, 0.29) is 5.91 Å². The Balaban J connectivity index is 1.54. The van der Waals surface area contributed by atoms with Crippen LogP contribution in [0.2, 0.25) is 0 Å². The average Bonchev–Trinajstić information content (AvgIpc) is 3.46. The number of nitrogens with zero attached hydrogens (tertiary/aromatic N) is 2. The number of H-pyrrole nitrogens is 1. The van der Waals surface area contributed by atoms with Gasteiger partial charge in [-0.2, -0.15) is 5.10 Å². The van der Waals surface area contributed by atoms with Gasteiger partial charge in [0.05, 0.1) is 31.1 Å². The van der Waals surface area contributed by atoms with Crippen molar-refractivity contribution in [2.75, 3.05) is 24.9 Å². The smallest absolute Gasteiger partial charge is 0.269 e. The highest BCUT2D eigenvalue weighted by atomic mass is 32.1. The van der Waals surface area contributed by atoms with Gasteiger partial charge in [-0.25, -0.2) is 0 Å². The monoisotopic (exact) mass is 449 g/mol. The first kappa shape index (κ1) is 21.4. The Morgan fingerprint density at radius 3 is 2.78 bits per heavy atom. The molecular weight excluding hydrogens is 426 g/mol. The molecule has 0 fully saturated rings. The van der Waals surface area contributed by atoms with Crippen molar-refractivity contribution < 1.29 is 14.3 Å². The minimum atomic E-state index is -0.232. The van der Waals surface area contributed by atoms with Crippen molar-refractivity contribution in [3.8, 4) is 11.5 Å². The standard InChI is InChI=1S/C23H23N5O3S/c1-13(2)17-11-20(28-27-17)26-23(29)22-16(6-8-32-22)25-12-14-5-7-24-18-9-15(30-3)10-19(31-4)21(14)18/h5-11,25H,1,12H2,2-4H3,(H2,26,27,28,29). The maximum Gasteiger partial charge on any atom is 0.269 e. The molecule has 3 heterocycles. The molecule has 0 aliphatic carbocycles. The van der Waals surface area contributed by atoms with E-state index < -0.39 is 0 Å². The summed E-state index contributed by atoms with van der Waals surface area (Å²) < 4.78 is 10.9. The number of fused-ring (bicyclic) bond motifs is 1. The number of carbonyl (C=O) groups excluding carboxylic acids is 1.